The Bertz CT molecular complexity index is 2260. The van der Waals surface area contributed by atoms with Crippen LogP contribution in [0.4, 0.5) is 16.6 Å². The molecule has 6 rings (SSSR count). The number of nitrogens with zero attached hydrogens (tertiary/aromatic N) is 7. The first-order valence-corrected chi connectivity index (χ1v) is 20.3. The van der Waals surface area contributed by atoms with E-state index in [0.717, 1.165) is 40.8 Å². The number of ether oxygens (including phenoxy) is 5. The number of aliphatic hydroxyl groups excluding tert-OH is 1. The first-order chi connectivity index (χ1) is 28.7. The minimum atomic E-state index is -1.12. The van der Waals surface area contributed by atoms with Gasteiger partial charge in [-0.2, -0.15) is 4.98 Å². The van der Waals surface area contributed by atoms with Crippen LogP contribution in [0, 0.1) is 6.92 Å². The summed E-state index contributed by atoms with van der Waals surface area (Å²) >= 11 is 0. The zero-order chi connectivity index (χ0) is 43.1. The summed E-state index contributed by atoms with van der Waals surface area (Å²) in [4.78, 5) is 31.2. The van der Waals surface area contributed by atoms with E-state index in [1.165, 1.54) is 0 Å². The van der Waals surface area contributed by atoms with Crippen molar-refractivity contribution in [3.05, 3.63) is 94.6 Å². The van der Waals surface area contributed by atoms with Gasteiger partial charge >= 0.3 is 6.09 Å². The van der Waals surface area contributed by atoms with Gasteiger partial charge in [0.15, 0.2) is 11.5 Å². The summed E-state index contributed by atoms with van der Waals surface area (Å²) in [5.41, 5.74) is 5.45. The van der Waals surface area contributed by atoms with E-state index in [1.54, 1.807) is 50.2 Å². The van der Waals surface area contributed by atoms with Gasteiger partial charge in [-0.25, -0.2) is 14.3 Å². The number of aliphatic hydroxyl groups is 1. The summed E-state index contributed by atoms with van der Waals surface area (Å²) < 4.78 is 29.9. The molecule has 0 spiro atoms. The van der Waals surface area contributed by atoms with Crippen molar-refractivity contribution >= 4 is 29.1 Å². The molecule has 5 aromatic rings. The summed E-state index contributed by atoms with van der Waals surface area (Å²) in [6.45, 7) is 13.5. The van der Waals surface area contributed by atoms with Crippen LogP contribution in [0.2, 0.25) is 0 Å². The molecule has 0 fully saturated rings. The number of rotatable bonds is 16. The molecule has 0 aliphatic carbocycles. The number of methoxy groups -OCH3 is 4. The van der Waals surface area contributed by atoms with Gasteiger partial charge < -0.3 is 43.9 Å². The number of carbonyl (C=O) groups is 1. The van der Waals surface area contributed by atoms with Crippen LogP contribution in [-0.2, 0) is 17.8 Å². The summed E-state index contributed by atoms with van der Waals surface area (Å²) in [5.74, 6) is 3.55. The van der Waals surface area contributed by atoms with Crippen LogP contribution < -0.4 is 29.2 Å². The van der Waals surface area contributed by atoms with E-state index in [4.69, 9.17) is 43.7 Å². The molecule has 1 aliphatic rings. The summed E-state index contributed by atoms with van der Waals surface area (Å²) in [7, 11) is 6.50. The van der Waals surface area contributed by atoms with Crippen molar-refractivity contribution in [1.29, 1.82) is 0 Å². The molecule has 1 unspecified atom stereocenters. The van der Waals surface area contributed by atoms with Gasteiger partial charge in [0.1, 0.15) is 34.7 Å². The quantitative estimate of drug-likeness (QED) is 0.0996. The summed E-state index contributed by atoms with van der Waals surface area (Å²) in [6.07, 6.45) is 6.40. The van der Waals surface area contributed by atoms with E-state index in [1.807, 2.05) is 76.2 Å². The average Bonchev–Trinajstić information content (AvgIpc) is 3.66. The molecule has 2 aromatic carbocycles. The number of nitrogens with one attached hydrogen (secondary N) is 1. The SMILES string of the molecule is CCC[C@H](C)Nc1nc(N(Cc2ccc(OC)cc2OC)Cc2ccc(OC)cc2OC)c2ncc(C(O)c3cnc(C4=CCN(C(=O)OC(C)(C)C)CC4)c(C)c3)n2n1. The number of benzene rings is 2. The highest BCUT2D eigenvalue weighted by Crippen LogP contribution is 2.35. The number of anilines is 2. The molecule has 0 radical (unpaired) electrons. The molecule has 60 heavy (non-hydrogen) atoms. The van der Waals surface area contributed by atoms with Gasteiger partial charge in [-0.1, -0.05) is 19.4 Å². The molecule has 320 valence electrons. The fourth-order valence-corrected chi connectivity index (χ4v) is 7.28. The van der Waals surface area contributed by atoms with E-state index < -0.39 is 11.7 Å². The summed E-state index contributed by atoms with van der Waals surface area (Å²) in [5, 5.41) is 20.5. The maximum Gasteiger partial charge on any atom is 0.410 e. The number of fused-ring (bicyclic) bond motifs is 1. The van der Waals surface area contributed by atoms with E-state index in [2.05, 4.69) is 24.1 Å². The number of aromatic nitrogens is 5. The van der Waals surface area contributed by atoms with Crippen LogP contribution in [0.25, 0.3) is 11.2 Å². The molecule has 0 saturated carbocycles. The molecule has 15 heteroatoms. The molecular formula is C45H58N8O7. The minimum Gasteiger partial charge on any atom is -0.497 e. The second-order valence-corrected chi connectivity index (χ2v) is 16.0. The molecule has 2 atom stereocenters. The normalized spacial score (nSPS) is 14.0. The van der Waals surface area contributed by atoms with Gasteiger partial charge in [-0.05, 0) is 88.9 Å². The van der Waals surface area contributed by atoms with Crippen molar-refractivity contribution in [2.24, 2.45) is 0 Å². The lowest BCUT2D eigenvalue weighted by molar-refractivity contribution is 0.0270. The lowest BCUT2D eigenvalue weighted by Gasteiger charge is -2.29. The monoisotopic (exact) mass is 822 g/mol. The molecule has 1 aliphatic heterocycles. The smallest absolute Gasteiger partial charge is 0.410 e. The average molecular weight is 823 g/mol. The molecular weight excluding hydrogens is 765 g/mol. The number of pyridine rings is 1. The van der Waals surface area contributed by atoms with Crippen molar-refractivity contribution in [1.82, 2.24) is 29.5 Å². The van der Waals surface area contributed by atoms with E-state index in [9.17, 15) is 9.90 Å². The topological polar surface area (TPSA) is 158 Å². The van der Waals surface area contributed by atoms with Crippen LogP contribution in [0.15, 0.2) is 60.9 Å². The Labute approximate surface area is 352 Å². The van der Waals surface area contributed by atoms with Crippen molar-refractivity contribution in [3.8, 4) is 23.0 Å². The van der Waals surface area contributed by atoms with Crippen LogP contribution in [0.5, 0.6) is 23.0 Å². The van der Waals surface area contributed by atoms with Crippen LogP contribution >= 0.6 is 0 Å². The van der Waals surface area contributed by atoms with E-state index in [0.29, 0.717) is 84.3 Å². The zero-order valence-electron chi connectivity index (χ0n) is 36.4. The number of amides is 1. The van der Waals surface area contributed by atoms with Gasteiger partial charge in [-0.3, -0.25) is 4.98 Å². The molecule has 1 amide bonds. The standard InChI is InChI=1S/C45H58N8O7/c1-11-12-29(3)48-43-49-42(52(26-31-13-15-34(56-7)22-37(31)58-9)27-32-14-16-35(57-8)23-38(32)59-10)41-47-25-36(53(41)50-43)40(54)33-21-28(2)39(46-24-33)30-17-19-51(20-18-30)44(55)60-45(4,5)6/h13-17,21-25,29,40,54H,11-12,18-20,26-27H2,1-10H3,(H,48,50)/t29-,40?/m0/s1. The lowest BCUT2D eigenvalue weighted by Crippen LogP contribution is -2.39. The number of hydrogen-bond acceptors (Lipinski definition) is 13. The Morgan fingerprint density at radius 1 is 0.933 bits per heavy atom. The lowest BCUT2D eigenvalue weighted by atomic mass is 9.98. The first-order valence-electron chi connectivity index (χ1n) is 20.3. The molecule has 15 nitrogen and oxygen atoms in total. The van der Waals surface area contributed by atoms with Gasteiger partial charge in [0.2, 0.25) is 5.95 Å². The third kappa shape index (κ3) is 10.0. The van der Waals surface area contributed by atoms with Crippen LogP contribution in [0.3, 0.4) is 0 Å². The highest BCUT2D eigenvalue weighted by atomic mass is 16.6. The predicted octanol–water partition coefficient (Wildman–Crippen LogP) is 7.78. The second-order valence-electron chi connectivity index (χ2n) is 16.0. The van der Waals surface area contributed by atoms with Crippen molar-refractivity contribution in [2.75, 3.05) is 51.7 Å². The van der Waals surface area contributed by atoms with Gasteiger partial charge in [0.05, 0.1) is 46.0 Å². The highest BCUT2D eigenvalue weighted by molar-refractivity contribution is 5.73. The van der Waals surface area contributed by atoms with E-state index >= 15 is 0 Å². The second kappa shape index (κ2) is 18.9. The fraction of sp³-hybridized carbons (Fsp3) is 0.444. The summed E-state index contributed by atoms with van der Waals surface area (Å²) in [6, 6.07) is 13.4. The highest BCUT2D eigenvalue weighted by Gasteiger charge is 2.28. The Kier molecular flexibility index (Phi) is 13.7. The van der Waals surface area contributed by atoms with Gasteiger partial charge in [0, 0.05) is 67.2 Å². The van der Waals surface area contributed by atoms with E-state index in [-0.39, 0.29) is 12.1 Å². The number of aryl methyl sites for hydroxylation is 1. The van der Waals surface area contributed by atoms with Gasteiger partial charge in [-0.15, -0.1) is 5.10 Å². The predicted molar refractivity (Wildman–Crippen MR) is 231 cm³/mol. The molecule has 4 heterocycles. The van der Waals surface area contributed by atoms with Crippen molar-refractivity contribution in [2.45, 2.75) is 91.6 Å². The molecule has 0 saturated heterocycles. The Balaban J connectivity index is 1.40. The fourth-order valence-electron chi connectivity index (χ4n) is 7.28. The third-order valence-corrected chi connectivity index (χ3v) is 10.3. The largest absolute Gasteiger partial charge is 0.497 e. The first kappa shape index (κ1) is 43.5. The Morgan fingerprint density at radius 2 is 1.58 bits per heavy atom. The number of hydrogen-bond donors (Lipinski definition) is 2. The Morgan fingerprint density at radius 3 is 2.12 bits per heavy atom. The van der Waals surface area contributed by atoms with Gasteiger partial charge in [0.25, 0.3) is 0 Å². The van der Waals surface area contributed by atoms with Crippen molar-refractivity contribution in [3.63, 3.8) is 0 Å². The third-order valence-electron chi connectivity index (χ3n) is 10.3. The minimum absolute atomic E-state index is 0.0683. The maximum atomic E-state index is 12.7. The Hall–Kier alpha value is -6.09. The maximum absolute atomic E-state index is 12.7. The molecule has 2 N–H and O–H groups in total. The van der Waals surface area contributed by atoms with Crippen molar-refractivity contribution < 1.29 is 33.6 Å². The van der Waals surface area contributed by atoms with Crippen LogP contribution in [-0.4, -0.2) is 93.8 Å². The molecule has 0 bridgehead atoms. The number of imidazole rings is 1. The van der Waals surface area contributed by atoms with Crippen LogP contribution in [0.1, 0.15) is 93.6 Å². The number of carbonyl (C=O) groups excluding carboxylic acids is 1. The zero-order valence-corrected chi connectivity index (χ0v) is 36.4. The molecule has 3 aromatic heterocycles.